The summed E-state index contributed by atoms with van der Waals surface area (Å²) in [5, 5.41) is 10.9. The fraction of sp³-hybridized carbons (Fsp3) is 0.200. The van der Waals surface area contributed by atoms with Crippen LogP contribution in [0.15, 0.2) is 65.8 Å². The molecule has 3 aromatic rings. The maximum atomic E-state index is 12.7. The van der Waals surface area contributed by atoms with Gasteiger partial charge in [0.2, 0.25) is 0 Å². The van der Waals surface area contributed by atoms with Crippen LogP contribution in [0.25, 0.3) is 0 Å². The molecule has 3 N–H and O–H groups in total. The van der Waals surface area contributed by atoms with Gasteiger partial charge in [0.1, 0.15) is 0 Å². The van der Waals surface area contributed by atoms with Crippen LogP contribution in [-0.2, 0) is 6.18 Å². The van der Waals surface area contributed by atoms with Crippen LogP contribution in [-0.4, -0.2) is 11.7 Å². The van der Waals surface area contributed by atoms with Crippen molar-refractivity contribution in [3.05, 3.63) is 93.5 Å². The largest absolute Gasteiger partial charge is 0.416 e. The van der Waals surface area contributed by atoms with Gasteiger partial charge >= 0.3 is 12.2 Å². The van der Waals surface area contributed by atoms with E-state index in [2.05, 4.69) is 33.3 Å². The van der Waals surface area contributed by atoms with Gasteiger partial charge in [-0.15, -0.1) is 0 Å². The summed E-state index contributed by atoms with van der Waals surface area (Å²) < 4.78 is 38.2. The molecule has 9 heteroatoms. The monoisotopic (exact) mass is 486 g/mol. The number of fused-ring (bicyclic) bond motifs is 1. The van der Waals surface area contributed by atoms with Gasteiger partial charge in [0, 0.05) is 28.4 Å². The lowest BCUT2D eigenvalue weighted by Crippen LogP contribution is -2.29. The van der Waals surface area contributed by atoms with Crippen molar-refractivity contribution in [3.8, 4) is 0 Å². The van der Waals surface area contributed by atoms with Crippen molar-refractivity contribution in [2.45, 2.75) is 32.5 Å². The zero-order valence-electron chi connectivity index (χ0n) is 18.4. The number of hydrogen-bond donors (Lipinski definition) is 3. The highest BCUT2D eigenvalue weighted by Crippen LogP contribution is 2.36. The van der Waals surface area contributed by atoms with E-state index in [0.717, 1.165) is 34.5 Å². The average molecular weight is 487 g/mol. The van der Waals surface area contributed by atoms with Crippen molar-refractivity contribution in [1.82, 2.24) is 5.43 Å². The minimum absolute atomic E-state index is 0.0622. The lowest BCUT2D eigenvalue weighted by Gasteiger charge is -2.29. The number of amides is 2. The lowest BCUT2D eigenvalue weighted by atomic mass is 9.89. The fourth-order valence-electron chi connectivity index (χ4n) is 3.95. The zero-order valence-corrected chi connectivity index (χ0v) is 19.2. The quantitative estimate of drug-likeness (QED) is 0.347. The summed E-state index contributed by atoms with van der Waals surface area (Å²) >= 11 is 6.19. The Hall–Kier alpha value is -3.52. The molecule has 1 aliphatic rings. The molecule has 4 rings (SSSR count). The van der Waals surface area contributed by atoms with E-state index < -0.39 is 17.8 Å². The Morgan fingerprint density at radius 2 is 1.79 bits per heavy atom. The normalized spacial score (nSPS) is 16.5. The van der Waals surface area contributed by atoms with Crippen LogP contribution < -0.4 is 16.1 Å². The maximum absolute atomic E-state index is 12.7. The number of hydrazone groups is 1. The minimum atomic E-state index is -4.44. The number of alkyl halides is 3. The lowest BCUT2D eigenvalue weighted by molar-refractivity contribution is -0.137. The van der Waals surface area contributed by atoms with Gasteiger partial charge in [-0.25, -0.2) is 10.2 Å². The van der Waals surface area contributed by atoms with Crippen LogP contribution in [0.3, 0.4) is 0 Å². The first-order valence-corrected chi connectivity index (χ1v) is 10.9. The molecule has 0 aliphatic carbocycles. The van der Waals surface area contributed by atoms with Gasteiger partial charge < -0.3 is 10.6 Å². The highest BCUT2D eigenvalue weighted by molar-refractivity contribution is 6.31. The van der Waals surface area contributed by atoms with Crippen LogP contribution in [0.1, 0.15) is 40.3 Å². The van der Waals surface area contributed by atoms with Gasteiger partial charge in [0.25, 0.3) is 0 Å². The van der Waals surface area contributed by atoms with Gasteiger partial charge in [0.05, 0.1) is 17.3 Å². The molecule has 0 saturated carbocycles. The third-order valence-corrected chi connectivity index (χ3v) is 5.82. The van der Waals surface area contributed by atoms with Gasteiger partial charge in [0.15, 0.2) is 0 Å². The highest BCUT2D eigenvalue weighted by Gasteiger charge is 2.30. The molecule has 0 aromatic heterocycles. The summed E-state index contributed by atoms with van der Waals surface area (Å²) in [5.41, 5.74) is 7.53. The molecule has 0 saturated heterocycles. The second-order valence-corrected chi connectivity index (χ2v) is 8.59. The summed E-state index contributed by atoms with van der Waals surface area (Å²) in [4.78, 5) is 12.4. The van der Waals surface area contributed by atoms with E-state index in [1.165, 1.54) is 17.7 Å². The summed E-state index contributed by atoms with van der Waals surface area (Å²) in [6.45, 7) is 4.09. The first kappa shape index (κ1) is 23.6. The molecule has 0 spiro atoms. The average Bonchev–Trinajstić information content (AvgIpc) is 2.77. The molecule has 1 unspecified atom stereocenters. The van der Waals surface area contributed by atoms with Gasteiger partial charge in [-0.3, -0.25) is 0 Å². The van der Waals surface area contributed by atoms with Crippen LogP contribution in [0.5, 0.6) is 0 Å². The molecule has 0 radical (unpaired) electrons. The second-order valence-electron chi connectivity index (χ2n) is 8.15. The Bertz CT molecular complexity index is 1260. The van der Waals surface area contributed by atoms with Crippen molar-refractivity contribution in [2.75, 3.05) is 10.6 Å². The van der Waals surface area contributed by atoms with Crippen molar-refractivity contribution in [3.63, 3.8) is 0 Å². The van der Waals surface area contributed by atoms with Gasteiger partial charge in [-0.1, -0.05) is 35.4 Å². The number of urea groups is 1. The van der Waals surface area contributed by atoms with E-state index in [4.69, 9.17) is 11.6 Å². The maximum Gasteiger partial charge on any atom is 0.416 e. The third kappa shape index (κ3) is 5.34. The molecule has 0 fully saturated rings. The summed E-state index contributed by atoms with van der Waals surface area (Å²) in [6.07, 6.45) is -3.94. The molecular weight excluding hydrogens is 465 g/mol. The van der Waals surface area contributed by atoms with Crippen molar-refractivity contribution >= 4 is 34.7 Å². The Morgan fingerprint density at radius 3 is 2.47 bits per heavy atom. The van der Waals surface area contributed by atoms with Crippen LogP contribution in [0.2, 0.25) is 5.02 Å². The van der Waals surface area contributed by atoms with E-state index in [0.29, 0.717) is 17.2 Å². The first-order valence-electron chi connectivity index (χ1n) is 10.5. The first-order chi connectivity index (χ1) is 16.1. The summed E-state index contributed by atoms with van der Waals surface area (Å²) in [5.74, 6) is 0. The van der Waals surface area contributed by atoms with E-state index >= 15 is 0 Å². The molecule has 176 valence electrons. The minimum Gasteiger partial charge on any atom is -0.377 e. The number of aryl methyl sites for hydroxylation is 2. The number of nitrogens with one attached hydrogen (secondary N) is 3. The molecule has 2 amide bonds. The number of carbonyl (C=O) groups is 1. The van der Waals surface area contributed by atoms with E-state index in [-0.39, 0.29) is 11.7 Å². The SMILES string of the molecule is Cc1ccc(C2CC(=NNC(=O)Nc3ccc(C(F)(F)F)cc3)c3cc(Cl)ccc3N2)c(C)c1. The van der Waals surface area contributed by atoms with E-state index in [9.17, 15) is 18.0 Å². The van der Waals surface area contributed by atoms with Crippen molar-refractivity contribution in [1.29, 1.82) is 0 Å². The number of hydrogen-bond acceptors (Lipinski definition) is 3. The predicted molar refractivity (Wildman–Crippen MR) is 128 cm³/mol. The number of anilines is 2. The molecule has 1 heterocycles. The molecular formula is C25H22ClF3N4O. The Morgan fingerprint density at radius 1 is 1.06 bits per heavy atom. The summed E-state index contributed by atoms with van der Waals surface area (Å²) in [7, 11) is 0. The van der Waals surface area contributed by atoms with Gasteiger partial charge in [-0.2, -0.15) is 18.3 Å². The molecule has 34 heavy (non-hydrogen) atoms. The third-order valence-electron chi connectivity index (χ3n) is 5.58. The van der Waals surface area contributed by atoms with Crippen molar-refractivity contribution < 1.29 is 18.0 Å². The number of benzene rings is 3. The topological polar surface area (TPSA) is 65.5 Å². The molecule has 1 aliphatic heterocycles. The Kier molecular flexibility index (Phi) is 6.52. The smallest absolute Gasteiger partial charge is 0.377 e. The molecule has 5 nitrogen and oxygen atoms in total. The number of nitrogens with zero attached hydrogens (tertiary/aromatic N) is 1. The number of carbonyl (C=O) groups excluding carboxylic acids is 1. The predicted octanol–water partition coefficient (Wildman–Crippen LogP) is 7.06. The number of rotatable bonds is 3. The van der Waals surface area contributed by atoms with Crippen LogP contribution >= 0.6 is 11.6 Å². The highest BCUT2D eigenvalue weighted by atomic mass is 35.5. The van der Waals surface area contributed by atoms with Crippen molar-refractivity contribution in [2.24, 2.45) is 5.10 Å². The molecule has 1 atom stereocenters. The summed E-state index contributed by atoms with van der Waals surface area (Å²) in [6, 6.07) is 15.1. The van der Waals surface area contributed by atoms with Gasteiger partial charge in [-0.05, 0) is 67.4 Å². The van der Waals surface area contributed by atoms with Crippen LogP contribution in [0.4, 0.5) is 29.3 Å². The van der Waals surface area contributed by atoms with E-state index in [1.807, 2.05) is 26.0 Å². The Balaban J connectivity index is 1.54. The van der Waals surface area contributed by atoms with Crippen LogP contribution in [0, 0.1) is 13.8 Å². The molecule has 3 aromatic carbocycles. The Labute approximate surface area is 200 Å². The number of halogens is 4. The second kappa shape index (κ2) is 9.38. The zero-order chi connectivity index (χ0) is 24.5. The molecule has 0 bridgehead atoms. The van der Waals surface area contributed by atoms with E-state index in [1.54, 1.807) is 12.1 Å². The standard InChI is InChI=1S/C25H22ClF3N4O/c1-14-3-9-19(15(2)11-14)22-13-23(20-12-17(26)6-10-21(20)31-22)32-33-24(34)30-18-7-4-16(5-8-18)25(27,28)29/h3-12,22,31H,13H2,1-2H3,(H2,30,33,34). The fourth-order valence-corrected chi connectivity index (χ4v) is 4.13.